The maximum atomic E-state index is 11.0. The molecule has 25 heavy (non-hydrogen) atoms. The minimum Gasteiger partial charge on any atom is -0.303 e. The maximum absolute atomic E-state index is 11.0. The number of nitro groups is 2. The second-order valence-electron chi connectivity index (χ2n) is 5.68. The van der Waals surface area contributed by atoms with Crippen LogP contribution in [-0.4, -0.2) is 16.1 Å². The third-order valence-electron chi connectivity index (χ3n) is 3.72. The summed E-state index contributed by atoms with van der Waals surface area (Å²) in [6.07, 6.45) is 14.9. The Hall–Kier alpha value is -2.31. The van der Waals surface area contributed by atoms with Gasteiger partial charge in [-0.1, -0.05) is 38.3 Å². The van der Waals surface area contributed by atoms with Crippen LogP contribution in [0.1, 0.15) is 71.1 Å². The van der Waals surface area contributed by atoms with E-state index in [1.807, 2.05) is 6.08 Å². The first-order valence-corrected chi connectivity index (χ1v) is 8.78. The number of aldehydes is 1. The van der Waals surface area contributed by atoms with Gasteiger partial charge in [-0.15, -0.1) is 0 Å². The molecule has 0 aliphatic rings. The van der Waals surface area contributed by atoms with E-state index in [9.17, 15) is 25.0 Å². The van der Waals surface area contributed by atoms with E-state index < -0.39 is 9.85 Å². The van der Waals surface area contributed by atoms with Crippen molar-refractivity contribution in [3.8, 4) is 0 Å². The molecule has 0 fully saturated rings. The summed E-state index contributed by atoms with van der Waals surface area (Å²) in [4.78, 5) is 30.9. The number of unbranched alkanes of at least 4 members (excludes halogenated alkanes) is 6. The zero-order chi connectivity index (χ0) is 18.9. The van der Waals surface area contributed by atoms with Gasteiger partial charge in [0.25, 0.3) is 0 Å². The minimum absolute atomic E-state index is 0.0557. The van der Waals surface area contributed by atoms with Crippen LogP contribution in [0.25, 0.3) is 0 Å². The lowest BCUT2D eigenvalue weighted by Crippen LogP contribution is -1.99. The molecule has 0 amide bonds. The molecule has 0 bridgehead atoms. The fourth-order valence-corrected chi connectivity index (χ4v) is 2.25. The van der Waals surface area contributed by atoms with Gasteiger partial charge >= 0.3 is 0 Å². The van der Waals surface area contributed by atoms with Gasteiger partial charge in [0.1, 0.15) is 6.29 Å². The highest BCUT2D eigenvalue weighted by atomic mass is 16.6. The van der Waals surface area contributed by atoms with Crippen molar-refractivity contribution in [2.45, 2.75) is 71.1 Å². The summed E-state index contributed by atoms with van der Waals surface area (Å²) in [5.74, 6) is 0. The van der Waals surface area contributed by atoms with E-state index in [1.54, 1.807) is 13.0 Å². The molecule has 0 saturated carbocycles. The Morgan fingerprint density at radius 3 is 1.96 bits per heavy atom. The average molecular weight is 352 g/mol. The number of rotatable bonds is 15. The third-order valence-corrected chi connectivity index (χ3v) is 3.72. The smallest absolute Gasteiger partial charge is 0.246 e. The van der Waals surface area contributed by atoms with E-state index in [2.05, 4.69) is 0 Å². The number of hydrogen-bond acceptors (Lipinski definition) is 5. The van der Waals surface area contributed by atoms with Crippen LogP contribution in [0.2, 0.25) is 0 Å². The Kier molecular flexibility index (Phi) is 13.8. The van der Waals surface area contributed by atoms with Crippen molar-refractivity contribution in [3.63, 3.8) is 0 Å². The van der Waals surface area contributed by atoms with Gasteiger partial charge in [-0.05, 0) is 37.8 Å². The van der Waals surface area contributed by atoms with Gasteiger partial charge in [0, 0.05) is 12.8 Å². The van der Waals surface area contributed by atoms with Crippen LogP contribution in [-0.2, 0) is 4.79 Å². The van der Waals surface area contributed by atoms with Crippen LogP contribution < -0.4 is 0 Å². The summed E-state index contributed by atoms with van der Waals surface area (Å²) in [6, 6.07) is 0. The number of carbonyl (C=O) groups is 1. The summed E-state index contributed by atoms with van der Waals surface area (Å²) < 4.78 is 0. The molecule has 0 aromatic carbocycles. The predicted octanol–water partition coefficient (Wildman–Crippen LogP) is 4.98. The predicted molar refractivity (Wildman–Crippen MR) is 97.2 cm³/mol. The van der Waals surface area contributed by atoms with E-state index in [0.29, 0.717) is 12.8 Å². The molecule has 0 N–H and O–H groups in total. The zero-order valence-electron chi connectivity index (χ0n) is 14.9. The van der Waals surface area contributed by atoms with Crippen molar-refractivity contribution < 1.29 is 14.6 Å². The molecule has 140 valence electrons. The monoisotopic (exact) mass is 352 g/mol. The Morgan fingerprint density at radius 2 is 1.40 bits per heavy atom. The molecule has 0 atom stereocenters. The highest BCUT2D eigenvalue weighted by molar-refractivity contribution is 5.48. The van der Waals surface area contributed by atoms with Crippen LogP contribution in [0, 0.1) is 20.2 Å². The highest BCUT2D eigenvalue weighted by Gasteiger charge is 2.09. The fraction of sp³-hybridized carbons (Fsp3) is 0.611. The van der Waals surface area contributed by atoms with Gasteiger partial charge in [-0.25, -0.2) is 0 Å². The largest absolute Gasteiger partial charge is 0.303 e. The summed E-state index contributed by atoms with van der Waals surface area (Å²) in [6.45, 7) is 1.68. The fourth-order valence-electron chi connectivity index (χ4n) is 2.25. The van der Waals surface area contributed by atoms with Gasteiger partial charge in [0.2, 0.25) is 11.4 Å². The van der Waals surface area contributed by atoms with Crippen LogP contribution in [0.15, 0.2) is 35.7 Å². The highest BCUT2D eigenvalue weighted by Crippen LogP contribution is 2.10. The molecule has 7 heteroatoms. The first-order chi connectivity index (χ1) is 12.0. The van der Waals surface area contributed by atoms with Crippen molar-refractivity contribution in [3.05, 3.63) is 55.9 Å². The summed E-state index contributed by atoms with van der Waals surface area (Å²) in [5, 5.41) is 21.7. The van der Waals surface area contributed by atoms with Crippen LogP contribution in [0.5, 0.6) is 0 Å². The van der Waals surface area contributed by atoms with Crippen molar-refractivity contribution in [1.82, 2.24) is 0 Å². The van der Waals surface area contributed by atoms with Gasteiger partial charge in [-0.2, -0.15) is 0 Å². The Morgan fingerprint density at radius 1 is 0.840 bits per heavy atom. The Bertz CT molecular complexity index is 510. The topological polar surface area (TPSA) is 103 Å². The molecular formula is C18H28N2O5. The second kappa shape index (κ2) is 15.2. The molecular weight excluding hydrogens is 324 g/mol. The van der Waals surface area contributed by atoms with Gasteiger partial charge in [-0.3, -0.25) is 20.2 Å². The van der Waals surface area contributed by atoms with Crippen molar-refractivity contribution >= 4 is 6.29 Å². The summed E-state index contributed by atoms with van der Waals surface area (Å²) >= 11 is 0. The minimum atomic E-state index is -0.460. The average Bonchev–Trinajstić information content (AvgIpc) is 2.57. The second-order valence-corrected chi connectivity index (χ2v) is 5.68. The van der Waals surface area contributed by atoms with Crippen LogP contribution >= 0.6 is 0 Å². The quantitative estimate of drug-likeness (QED) is 0.136. The lowest BCUT2D eigenvalue weighted by molar-refractivity contribution is -0.428. The molecule has 0 aliphatic heterocycles. The molecule has 0 radical (unpaired) electrons. The van der Waals surface area contributed by atoms with Crippen molar-refractivity contribution in [2.24, 2.45) is 0 Å². The molecule has 0 spiro atoms. The maximum Gasteiger partial charge on any atom is 0.246 e. The molecule has 7 nitrogen and oxygen atoms in total. The molecule has 0 heterocycles. The summed E-state index contributed by atoms with van der Waals surface area (Å²) in [5.41, 5.74) is 0.128. The standard InChI is InChI=1S/C18H28N2O5/c1-2-17(19(22)23)14-12-15-18(20(24)25)13-10-8-6-4-3-5-7-9-11-16-21/h8,10,14-16H,2-7,9,11-13H2,1H3/b10-8+,17-14-,18-15-. The summed E-state index contributed by atoms with van der Waals surface area (Å²) in [7, 11) is 0. The molecule has 0 aliphatic carbocycles. The number of nitrogens with zero attached hydrogens (tertiary/aromatic N) is 2. The molecule has 0 saturated heterocycles. The number of hydrogen-bond donors (Lipinski definition) is 0. The van der Waals surface area contributed by atoms with Crippen molar-refractivity contribution in [1.29, 1.82) is 0 Å². The first-order valence-electron chi connectivity index (χ1n) is 8.78. The van der Waals surface area contributed by atoms with E-state index >= 15 is 0 Å². The van der Waals surface area contributed by atoms with E-state index in [1.165, 1.54) is 12.2 Å². The molecule has 0 aromatic rings. The number of allylic oxidation sites excluding steroid dienone is 5. The van der Waals surface area contributed by atoms with E-state index in [-0.39, 0.29) is 24.2 Å². The normalized spacial score (nSPS) is 12.5. The molecule has 0 aromatic heterocycles. The van der Waals surface area contributed by atoms with E-state index in [0.717, 1.165) is 44.8 Å². The third kappa shape index (κ3) is 12.7. The van der Waals surface area contributed by atoms with Gasteiger partial charge in [0.05, 0.1) is 16.3 Å². The molecule has 0 unspecified atom stereocenters. The van der Waals surface area contributed by atoms with Gasteiger partial charge in [0.15, 0.2) is 0 Å². The van der Waals surface area contributed by atoms with Crippen molar-refractivity contribution in [2.75, 3.05) is 0 Å². The molecule has 0 rings (SSSR count). The van der Waals surface area contributed by atoms with E-state index in [4.69, 9.17) is 0 Å². The lowest BCUT2D eigenvalue weighted by atomic mass is 10.1. The SMILES string of the molecule is CC/C(=C/C/C=C(/C/C=C/CCCCCCCC=O)[N+](=O)[O-])[N+](=O)[O-]. The zero-order valence-corrected chi connectivity index (χ0v) is 14.9. The first kappa shape index (κ1) is 22.7. The number of carbonyl (C=O) groups excluding carboxylic acids is 1. The van der Waals surface area contributed by atoms with Crippen LogP contribution in [0.3, 0.4) is 0 Å². The van der Waals surface area contributed by atoms with Crippen LogP contribution in [0.4, 0.5) is 0 Å². The lowest BCUT2D eigenvalue weighted by Gasteiger charge is -1.97. The van der Waals surface area contributed by atoms with Gasteiger partial charge < -0.3 is 4.79 Å². The Balaban J connectivity index is 4.15. The Labute approximate surface area is 148 Å².